The van der Waals surface area contributed by atoms with Gasteiger partial charge >= 0.3 is 12.1 Å². The lowest BCUT2D eigenvalue weighted by atomic mass is 9.84. The number of nitriles is 1. The van der Waals surface area contributed by atoms with E-state index in [1.165, 1.54) is 22.3 Å². The smallest absolute Gasteiger partial charge is 0.407 e. The summed E-state index contributed by atoms with van der Waals surface area (Å²) in [6, 6.07) is 13.9. The number of nitrogens with zero attached hydrogens (tertiary/aromatic N) is 5. The summed E-state index contributed by atoms with van der Waals surface area (Å²) >= 11 is 3.24. The third kappa shape index (κ3) is 7.82. The molecule has 0 fully saturated rings. The molecule has 1 aromatic carbocycles. The summed E-state index contributed by atoms with van der Waals surface area (Å²) in [6.45, 7) is 11.0. The van der Waals surface area contributed by atoms with Crippen LogP contribution in [-0.2, 0) is 32.8 Å². The maximum atomic E-state index is 12.5. The van der Waals surface area contributed by atoms with Gasteiger partial charge in [-0.15, -0.1) is 22.7 Å². The minimum atomic E-state index is -0.689. The number of hydrogen-bond donors (Lipinski definition) is 3. The molecule has 0 saturated heterocycles. The number of esters is 1. The molecule has 13 nitrogen and oxygen atoms in total. The molecule has 0 atom stereocenters. The SMILES string of the molecule is CN(CCOC(=O)NCc1ccc(COc2nc(N)nc3[nH]cnc23)cc1)c1cc2c(s1)-c1sc(/C=C(/C#N)C(=O)OC(C)(C)C)cc1C2(C)C. The zero-order valence-corrected chi connectivity index (χ0v) is 30.8. The van der Waals surface area contributed by atoms with Crippen molar-refractivity contribution in [1.82, 2.24) is 25.3 Å². The van der Waals surface area contributed by atoms with Crippen molar-refractivity contribution in [2.75, 3.05) is 30.8 Å². The van der Waals surface area contributed by atoms with Crippen LogP contribution in [0.15, 0.2) is 48.3 Å². The highest BCUT2D eigenvalue weighted by molar-refractivity contribution is 7.25. The Labute approximate surface area is 303 Å². The van der Waals surface area contributed by atoms with Gasteiger partial charge in [-0.05, 0) is 61.2 Å². The number of imidazole rings is 1. The van der Waals surface area contributed by atoms with Gasteiger partial charge < -0.3 is 35.1 Å². The summed E-state index contributed by atoms with van der Waals surface area (Å²) < 4.78 is 16.7. The van der Waals surface area contributed by atoms with Crippen molar-refractivity contribution in [3.63, 3.8) is 0 Å². The number of hydrogen-bond acceptors (Lipinski definition) is 13. The number of benzene rings is 1. The van der Waals surface area contributed by atoms with Crippen LogP contribution in [0.2, 0.25) is 0 Å². The van der Waals surface area contributed by atoms with Crippen LogP contribution >= 0.6 is 22.7 Å². The Balaban J connectivity index is 0.989. The second-order valence-corrected chi connectivity index (χ2v) is 15.6. The minimum Gasteiger partial charge on any atom is -0.471 e. The molecule has 1 aliphatic rings. The molecular formula is C36H38N8O5S2. The Bertz CT molecular complexity index is 2170. The number of nitrogens with two attached hydrogens (primary N) is 1. The van der Waals surface area contributed by atoms with Gasteiger partial charge in [0.1, 0.15) is 30.5 Å². The van der Waals surface area contributed by atoms with Crippen LogP contribution < -0.4 is 20.7 Å². The number of alkyl carbamates (subject to hydrolysis) is 1. The summed E-state index contributed by atoms with van der Waals surface area (Å²) in [4.78, 5) is 45.5. The van der Waals surface area contributed by atoms with Crippen LogP contribution in [0.4, 0.5) is 15.7 Å². The Morgan fingerprint density at radius 2 is 1.80 bits per heavy atom. The van der Waals surface area contributed by atoms with Gasteiger partial charge in [-0.2, -0.15) is 15.2 Å². The molecule has 4 N–H and O–H groups in total. The number of likely N-dealkylation sites (N-methyl/N-ethyl adjacent to an activating group) is 1. The number of rotatable bonds is 11. The second kappa shape index (κ2) is 14.0. The number of H-pyrrole nitrogens is 1. The molecule has 5 aromatic rings. The predicted octanol–water partition coefficient (Wildman–Crippen LogP) is 6.55. The van der Waals surface area contributed by atoms with Crippen molar-refractivity contribution in [2.45, 2.75) is 58.8 Å². The number of carbonyl (C=O) groups excluding carboxylic acids is 2. The zero-order chi connectivity index (χ0) is 36.5. The van der Waals surface area contributed by atoms with Crippen LogP contribution in [0.25, 0.3) is 27.0 Å². The molecule has 264 valence electrons. The second-order valence-electron chi connectivity index (χ2n) is 13.5. The van der Waals surface area contributed by atoms with E-state index < -0.39 is 17.7 Å². The van der Waals surface area contributed by atoms with Crippen LogP contribution in [0.5, 0.6) is 5.88 Å². The molecule has 4 aromatic heterocycles. The Morgan fingerprint density at radius 3 is 2.53 bits per heavy atom. The average Bonchev–Trinajstić information content (AvgIpc) is 3.85. The number of aromatic amines is 1. The van der Waals surface area contributed by atoms with E-state index in [1.807, 2.05) is 37.4 Å². The summed E-state index contributed by atoms with van der Waals surface area (Å²) in [5.74, 6) is -0.232. The maximum Gasteiger partial charge on any atom is 0.407 e. The van der Waals surface area contributed by atoms with Crippen LogP contribution in [-0.4, -0.2) is 57.8 Å². The molecule has 0 spiro atoms. The Kier molecular flexibility index (Phi) is 9.74. The van der Waals surface area contributed by atoms with Crippen molar-refractivity contribution in [1.29, 1.82) is 5.26 Å². The molecule has 4 heterocycles. The molecule has 0 bridgehead atoms. The third-order valence-electron chi connectivity index (χ3n) is 8.18. The normalized spacial score (nSPS) is 13.3. The van der Waals surface area contributed by atoms with E-state index in [0.29, 0.717) is 30.1 Å². The molecule has 51 heavy (non-hydrogen) atoms. The molecule has 0 unspecified atom stereocenters. The highest BCUT2D eigenvalue weighted by Gasteiger charge is 2.39. The minimum absolute atomic E-state index is 0.0272. The first-order valence-corrected chi connectivity index (χ1v) is 17.8. The standard InChI is InChI=1S/C36H38N8O5S2/c1-35(2,3)49-32(45)22(16-37)13-23-14-24-28(50-23)29-25(36(24,4)5)15-26(51-29)44(6)11-12-47-34(46)39-17-20-7-9-21(10-8-20)18-48-31-27-30(41-19-40-27)42-33(38)43-31/h7-10,13-15,19H,11-12,17-18H2,1-6H3,(H,39,46)(H3,38,40,41,42,43)/b22-13-. The molecular weight excluding hydrogens is 689 g/mol. The number of fused-ring (bicyclic) bond motifs is 4. The molecule has 1 amide bonds. The number of carbonyl (C=O) groups is 2. The summed E-state index contributed by atoms with van der Waals surface area (Å²) in [6.07, 6.45) is 2.62. The number of anilines is 2. The first-order valence-electron chi connectivity index (χ1n) is 16.1. The quantitative estimate of drug-likeness (QED) is 0.0762. The van der Waals surface area contributed by atoms with E-state index in [1.54, 1.807) is 49.5 Å². The lowest BCUT2D eigenvalue weighted by molar-refractivity contribution is -0.149. The summed E-state index contributed by atoms with van der Waals surface area (Å²) in [7, 11) is 1.97. The van der Waals surface area contributed by atoms with Crippen molar-refractivity contribution in [2.24, 2.45) is 0 Å². The van der Waals surface area contributed by atoms with Gasteiger partial charge in [0, 0.05) is 28.8 Å². The van der Waals surface area contributed by atoms with Crippen molar-refractivity contribution < 1.29 is 23.8 Å². The molecule has 15 heteroatoms. The Morgan fingerprint density at radius 1 is 1.10 bits per heavy atom. The molecule has 6 rings (SSSR count). The van der Waals surface area contributed by atoms with E-state index in [-0.39, 0.29) is 30.2 Å². The fourth-order valence-electron chi connectivity index (χ4n) is 5.51. The average molecular weight is 727 g/mol. The third-order valence-corrected chi connectivity index (χ3v) is 10.7. The topological polar surface area (TPSA) is 181 Å². The van der Waals surface area contributed by atoms with Crippen LogP contribution in [0.1, 0.15) is 61.7 Å². The fraction of sp³-hybridized carbons (Fsp3) is 0.333. The number of aromatic nitrogens is 4. The number of nitrogen functional groups attached to an aromatic ring is 1. The van der Waals surface area contributed by atoms with Crippen LogP contribution in [0, 0.1) is 11.3 Å². The van der Waals surface area contributed by atoms with Crippen LogP contribution in [0.3, 0.4) is 0 Å². The van der Waals surface area contributed by atoms with Gasteiger partial charge in [-0.25, -0.2) is 14.6 Å². The predicted molar refractivity (Wildman–Crippen MR) is 198 cm³/mol. The molecule has 0 saturated carbocycles. The lowest BCUT2D eigenvalue weighted by Crippen LogP contribution is -2.28. The van der Waals surface area contributed by atoms with E-state index in [2.05, 4.69) is 56.1 Å². The first kappa shape index (κ1) is 35.4. The van der Waals surface area contributed by atoms with E-state index >= 15 is 0 Å². The largest absolute Gasteiger partial charge is 0.471 e. The van der Waals surface area contributed by atoms with Gasteiger partial charge in [-0.3, -0.25) is 0 Å². The van der Waals surface area contributed by atoms with Crippen molar-refractivity contribution in [3.05, 3.63) is 75.4 Å². The zero-order valence-electron chi connectivity index (χ0n) is 29.1. The fourth-order valence-corrected chi connectivity index (χ4v) is 8.24. The van der Waals surface area contributed by atoms with Gasteiger partial charge in [0.2, 0.25) is 11.8 Å². The lowest BCUT2D eigenvalue weighted by Gasteiger charge is -2.20. The van der Waals surface area contributed by atoms with Gasteiger partial charge in [0.25, 0.3) is 0 Å². The van der Waals surface area contributed by atoms with Gasteiger partial charge in [0.15, 0.2) is 11.2 Å². The van der Waals surface area contributed by atoms with E-state index in [0.717, 1.165) is 25.9 Å². The van der Waals surface area contributed by atoms with Crippen molar-refractivity contribution >= 4 is 62.9 Å². The maximum absolute atomic E-state index is 12.5. The highest BCUT2D eigenvalue weighted by Crippen LogP contribution is 2.57. The number of nitrogens with one attached hydrogen (secondary N) is 2. The summed E-state index contributed by atoms with van der Waals surface area (Å²) in [5.41, 5.74) is 10.0. The number of ether oxygens (including phenoxy) is 3. The van der Waals surface area contributed by atoms with E-state index in [9.17, 15) is 14.9 Å². The number of thiophene rings is 2. The monoisotopic (exact) mass is 726 g/mol. The summed E-state index contributed by atoms with van der Waals surface area (Å²) in [5, 5.41) is 13.5. The number of amides is 1. The molecule has 0 aliphatic heterocycles. The van der Waals surface area contributed by atoms with E-state index in [4.69, 9.17) is 19.9 Å². The van der Waals surface area contributed by atoms with Crippen molar-refractivity contribution in [3.8, 4) is 21.7 Å². The van der Waals surface area contributed by atoms with Gasteiger partial charge in [0.05, 0.1) is 22.8 Å². The highest BCUT2D eigenvalue weighted by atomic mass is 32.1. The Hall–Kier alpha value is -5.46. The molecule has 1 aliphatic carbocycles. The van der Waals surface area contributed by atoms with Gasteiger partial charge in [-0.1, -0.05) is 38.1 Å². The first-order chi connectivity index (χ1) is 24.2. The molecule has 0 radical (unpaired) electrons.